The maximum atomic E-state index is 4.99. The van der Waals surface area contributed by atoms with E-state index in [1.165, 1.54) is 22.1 Å². The molecule has 0 saturated heterocycles. The molecule has 0 aliphatic carbocycles. The second-order valence-electron chi connectivity index (χ2n) is 6.14. The summed E-state index contributed by atoms with van der Waals surface area (Å²) in [6.07, 6.45) is 0. The smallest absolute Gasteiger partial charge is 0.0708 e. The predicted octanol–water partition coefficient (Wildman–Crippen LogP) is 5.72. The molecule has 0 N–H and O–H groups in total. The van der Waals surface area contributed by atoms with E-state index in [1.54, 1.807) is 0 Å². The van der Waals surface area contributed by atoms with E-state index >= 15 is 0 Å². The zero-order valence-electron chi connectivity index (χ0n) is 13.7. The van der Waals surface area contributed by atoms with Crippen molar-refractivity contribution < 1.29 is 0 Å². The summed E-state index contributed by atoms with van der Waals surface area (Å²) in [6.45, 7) is 2.17. The second-order valence-corrected chi connectivity index (χ2v) is 6.14. The number of fused-ring (bicyclic) bond motifs is 1. The maximum absolute atomic E-state index is 4.99. The van der Waals surface area contributed by atoms with E-state index in [9.17, 15) is 0 Å². The number of hydrogen-bond donors (Lipinski definition) is 0. The number of pyridine rings is 1. The molecule has 0 saturated carbocycles. The van der Waals surface area contributed by atoms with Crippen molar-refractivity contribution in [1.82, 2.24) is 4.98 Å². The summed E-state index contributed by atoms with van der Waals surface area (Å²) < 4.78 is 0. The number of nitrogens with zero attached hydrogens (tertiary/aromatic N) is 1. The van der Waals surface area contributed by atoms with Gasteiger partial charge in [-0.1, -0.05) is 78.9 Å². The van der Waals surface area contributed by atoms with Gasteiger partial charge in [-0.15, -0.1) is 0 Å². The molecular formula is C23H19N. The van der Waals surface area contributed by atoms with Gasteiger partial charge in [0, 0.05) is 5.39 Å². The van der Waals surface area contributed by atoms with Gasteiger partial charge in [0.1, 0.15) is 0 Å². The molecule has 1 heterocycles. The first kappa shape index (κ1) is 14.6. The van der Waals surface area contributed by atoms with Gasteiger partial charge in [0.25, 0.3) is 0 Å². The van der Waals surface area contributed by atoms with Crippen LogP contribution in [0.5, 0.6) is 0 Å². The molecular weight excluding hydrogens is 290 g/mol. The molecule has 0 unspecified atom stereocenters. The van der Waals surface area contributed by atoms with E-state index in [0.29, 0.717) is 0 Å². The van der Waals surface area contributed by atoms with Crippen LogP contribution >= 0.6 is 0 Å². The van der Waals surface area contributed by atoms with Crippen LogP contribution < -0.4 is 0 Å². The maximum Gasteiger partial charge on any atom is 0.0708 e. The van der Waals surface area contributed by atoms with E-state index in [4.69, 9.17) is 4.98 Å². The number of aryl methyl sites for hydroxylation is 1. The number of para-hydroxylation sites is 1. The Morgan fingerprint density at radius 3 is 1.83 bits per heavy atom. The summed E-state index contributed by atoms with van der Waals surface area (Å²) in [5.41, 5.74) is 5.97. The van der Waals surface area contributed by atoms with Crippen LogP contribution in [-0.4, -0.2) is 4.98 Å². The lowest BCUT2D eigenvalue weighted by Crippen LogP contribution is -2.06. The van der Waals surface area contributed by atoms with Crippen molar-refractivity contribution in [3.05, 3.63) is 113 Å². The third kappa shape index (κ3) is 2.69. The van der Waals surface area contributed by atoms with Gasteiger partial charge in [0.15, 0.2) is 0 Å². The zero-order valence-corrected chi connectivity index (χ0v) is 13.7. The minimum absolute atomic E-state index is 0.149. The van der Waals surface area contributed by atoms with Gasteiger partial charge in [-0.3, -0.25) is 4.98 Å². The topological polar surface area (TPSA) is 12.9 Å². The number of hydrogen-bond acceptors (Lipinski definition) is 1. The molecule has 3 aromatic carbocycles. The molecule has 0 radical (unpaired) electrons. The fourth-order valence-corrected chi connectivity index (χ4v) is 3.35. The monoisotopic (exact) mass is 309 g/mol. The highest BCUT2D eigenvalue weighted by Crippen LogP contribution is 2.32. The van der Waals surface area contributed by atoms with Crippen molar-refractivity contribution in [2.75, 3.05) is 0 Å². The Hall–Kier alpha value is -2.93. The van der Waals surface area contributed by atoms with Crippen molar-refractivity contribution in [2.45, 2.75) is 12.8 Å². The molecule has 0 amide bonds. The molecule has 1 nitrogen and oxygen atoms in total. The summed E-state index contributed by atoms with van der Waals surface area (Å²) in [4.78, 5) is 4.99. The van der Waals surface area contributed by atoms with Crippen LogP contribution in [0.2, 0.25) is 0 Å². The van der Waals surface area contributed by atoms with Gasteiger partial charge in [0.05, 0.1) is 17.1 Å². The van der Waals surface area contributed by atoms with Gasteiger partial charge in [-0.2, -0.15) is 0 Å². The Labute approximate surface area is 142 Å². The summed E-state index contributed by atoms with van der Waals surface area (Å²) in [5, 5.41) is 1.22. The zero-order chi connectivity index (χ0) is 16.4. The lowest BCUT2D eigenvalue weighted by Gasteiger charge is -2.19. The average molecular weight is 309 g/mol. The number of benzene rings is 3. The van der Waals surface area contributed by atoms with Crippen LogP contribution in [0.25, 0.3) is 10.9 Å². The second kappa shape index (κ2) is 6.29. The Bertz CT molecular complexity index is 919. The van der Waals surface area contributed by atoms with E-state index in [1.807, 2.05) is 0 Å². The molecule has 0 atom stereocenters. The Balaban J connectivity index is 1.94. The average Bonchev–Trinajstić information content (AvgIpc) is 2.64. The van der Waals surface area contributed by atoms with Crippen LogP contribution in [0.4, 0.5) is 0 Å². The standard InChI is InChI=1S/C23H19N/c1-17-16-22(24-21-15-9-8-14-20(17)21)23(18-10-4-2-5-11-18)19-12-6-3-7-13-19/h2-16,23H,1H3. The van der Waals surface area contributed by atoms with Gasteiger partial charge in [0.2, 0.25) is 0 Å². The van der Waals surface area contributed by atoms with E-state index < -0.39 is 0 Å². The minimum atomic E-state index is 0.149. The van der Waals surface area contributed by atoms with E-state index in [-0.39, 0.29) is 5.92 Å². The van der Waals surface area contributed by atoms with Crippen molar-refractivity contribution in [3.8, 4) is 0 Å². The van der Waals surface area contributed by atoms with Crippen molar-refractivity contribution in [2.24, 2.45) is 0 Å². The summed E-state index contributed by atoms with van der Waals surface area (Å²) in [6, 6.07) is 31.8. The molecule has 1 heteroatoms. The highest BCUT2D eigenvalue weighted by molar-refractivity contribution is 5.82. The Morgan fingerprint density at radius 1 is 0.667 bits per heavy atom. The summed E-state index contributed by atoms with van der Waals surface area (Å²) in [7, 11) is 0. The molecule has 1 aromatic heterocycles. The Morgan fingerprint density at radius 2 is 1.21 bits per heavy atom. The number of rotatable bonds is 3. The van der Waals surface area contributed by atoms with Crippen LogP contribution in [-0.2, 0) is 0 Å². The molecule has 0 spiro atoms. The molecule has 0 fully saturated rings. The van der Waals surface area contributed by atoms with Crippen LogP contribution in [0.15, 0.2) is 91.0 Å². The van der Waals surface area contributed by atoms with Gasteiger partial charge < -0.3 is 0 Å². The minimum Gasteiger partial charge on any atom is -0.252 e. The predicted molar refractivity (Wildman–Crippen MR) is 100 cm³/mol. The number of aromatic nitrogens is 1. The van der Waals surface area contributed by atoms with Gasteiger partial charge in [-0.25, -0.2) is 0 Å². The van der Waals surface area contributed by atoms with Gasteiger partial charge >= 0.3 is 0 Å². The molecule has 0 bridgehead atoms. The first-order valence-electron chi connectivity index (χ1n) is 8.29. The lowest BCUT2D eigenvalue weighted by molar-refractivity contribution is 0.926. The van der Waals surface area contributed by atoms with Crippen molar-refractivity contribution >= 4 is 10.9 Å². The molecule has 0 aliphatic heterocycles. The molecule has 4 rings (SSSR count). The quantitative estimate of drug-likeness (QED) is 0.471. The third-order valence-corrected chi connectivity index (χ3v) is 4.50. The lowest BCUT2D eigenvalue weighted by atomic mass is 9.87. The van der Waals surface area contributed by atoms with Crippen LogP contribution in [0.3, 0.4) is 0 Å². The molecule has 4 aromatic rings. The summed E-state index contributed by atoms with van der Waals surface area (Å²) >= 11 is 0. The fourth-order valence-electron chi connectivity index (χ4n) is 3.35. The van der Waals surface area contributed by atoms with Gasteiger partial charge in [-0.05, 0) is 35.7 Å². The van der Waals surface area contributed by atoms with Crippen LogP contribution in [0, 0.1) is 6.92 Å². The summed E-state index contributed by atoms with van der Waals surface area (Å²) in [5.74, 6) is 0.149. The van der Waals surface area contributed by atoms with E-state index in [2.05, 4.69) is 97.9 Å². The largest absolute Gasteiger partial charge is 0.252 e. The molecule has 0 aliphatic rings. The normalized spacial score (nSPS) is 11.1. The molecule has 116 valence electrons. The SMILES string of the molecule is Cc1cc(C(c2ccccc2)c2ccccc2)nc2ccccc12. The highest BCUT2D eigenvalue weighted by Gasteiger charge is 2.18. The van der Waals surface area contributed by atoms with Crippen molar-refractivity contribution in [3.63, 3.8) is 0 Å². The first-order valence-corrected chi connectivity index (χ1v) is 8.29. The third-order valence-electron chi connectivity index (χ3n) is 4.50. The van der Waals surface area contributed by atoms with Crippen LogP contribution in [0.1, 0.15) is 28.3 Å². The highest BCUT2D eigenvalue weighted by atomic mass is 14.7. The van der Waals surface area contributed by atoms with E-state index in [0.717, 1.165) is 11.2 Å². The Kier molecular flexibility index (Phi) is 3.84. The molecule has 24 heavy (non-hydrogen) atoms. The van der Waals surface area contributed by atoms with Crippen molar-refractivity contribution in [1.29, 1.82) is 0 Å². The first-order chi connectivity index (χ1) is 11.8. The fraction of sp³-hybridized carbons (Fsp3) is 0.0870.